The minimum atomic E-state index is -0.555. The number of nitrogens with zero attached hydrogens (tertiary/aromatic N) is 4. The summed E-state index contributed by atoms with van der Waals surface area (Å²) in [6.45, 7) is 4.23. The topological polar surface area (TPSA) is 70.6 Å². The molecule has 7 nitrogen and oxygen atoms in total. The average Bonchev–Trinajstić information content (AvgIpc) is 3.09. The van der Waals surface area contributed by atoms with Crippen LogP contribution in [0, 0.1) is 12.7 Å². The minimum absolute atomic E-state index is 0.0214. The zero-order valence-corrected chi connectivity index (χ0v) is 18.6. The highest BCUT2D eigenvalue weighted by molar-refractivity contribution is 6.31. The second-order valence-electron chi connectivity index (χ2n) is 8.54. The Kier molecular flexibility index (Phi) is 5.14. The third-order valence-electron chi connectivity index (χ3n) is 6.32. The Bertz CT molecular complexity index is 1210. The van der Waals surface area contributed by atoms with Crippen LogP contribution in [0.4, 0.5) is 26.4 Å². The smallest absolute Gasteiger partial charge is 0.415 e. The number of nitrogens with one attached hydrogen (secondary N) is 1. The fourth-order valence-corrected chi connectivity index (χ4v) is 4.58. The Morgan fingerprint density at radius 3 is 2.78 bits per heavy atom. The van der Waals surface area contributed by atoms with Crippen molar-refractivity contribution in [2.75, 3.05) is 36.9 Å². The van der Waals surface area contributed by atoms with Crippen molar-refractivity contribution in [2.24, 2.45) is 0 Å². The summed E-state index contributed by atoms with van der Waals surface area (Å²) in [7, 11) is 2.08. The molecular weight excluding hydrogens is 433 g/mol. The van der Waals surface area contributed by atoms with Crippen LogP contribution in [0.1, 0.15) is 18.4 Å². The Balaban J connectivity index is 1.52. The van der Waals surface area contributed by atoms with Crippen molar-refractivity contribution in [3.63, 3.8) is 0 Å². The van der Waals surface area contributed by atoms with Crippen LogP contribution in [-0.2, 0) is 4.74 Å². The minimum Gasteiger partial charge on any atom is -0.441 e. The van der Waals surface area contributed by atoms with Gasteiger partial charge in [0, 0.05) is 31.3 Å². The third kappa shape index (κ3) is 3.63. The second kappa shape index (κ2) is 7.86. The first kappa shape index (κ1) is 20.9. The lowest BCUT2D eigenvalue weighted by Gasteiger charge is -2.35. The van der Waals surface area contributed by atoms with Gasteiger partial charge in [-0.05, 0) is 43.8 Å². The van der Waals surface area contributed by atoms with Crippen LogP contribution < -0.4 is 10.2 Å². The maximum atomic E-state index is 14.4. The number of aryl methyl sites for hydroxylation is 1. The Morgan fingerprint density at radius 1 is 1.22 bits per heavy atom. The maximum absolute atomic E-state index is 14.4. The number of hydrogen-bond donors (Lipinski definition) is 1. The first-order valence-corrected chi connectivity index (χ1v) is 10.9. The number of rotatable bonds is 3. The van der Waals surface area contributed by atoms with E-state index in [-0.39, 0.29) is 16.8 Å². The van der Waals surface area contributed by atoms with Crippen molar-refractivity contribution >= 4 is 45.8 Å². The lowest BCUT2D eigenvalue weighted by molar-refractivity contribution is 0.00678. The molecule has 0 saturated carbocycles. The molecule has 2 aliphatic heterocycles. The number of amides is 1. The van der Waals surface area contributed by atoms with Crippen LogP contribution in [-0.4, -0.2) is 53.2 Å². The lowest BCUT2D eigenvalue weighted by atomic mass is 9.91. The molecule has 2 saturated heterocycles. The quantitative estimate of drug-likeness (QED) is 0.606. The summed E-state index contributed by atoms with van der Waals surface area (Å²) in [5.41, 5.74) is 2.09. The predicted octanol–water partition coefficient (Wildman–Crippen LogP) is 4.90. The molecule has 166 valence electrons. The molecule has 9 heteroatoms. The van der Waals surface area contributed by atoms with E-state index in [0.717, 1.165) is 37.2 Å². The van der Waals surface area contributed by atoms with E-state index in [1.807, 2.05) is 19.1 Å². The molecule has 0 atom stereocenters. The van der Waals surface area contributed by atoms with E-state index >= 15 is 0 Å². The van der Waals surface area contributed by atoms with E-state index in [4.69, 9.17) is 16.3 Å². The second-order valence-corrected chi connectivity index (χ2v) is 8.95. The molecule has 1 aromatic heterocycles. The molecule has 1 N–H and O–H groups in total. The van der Waals surface area contributed by atoms with Crippen molar-refractivity contribution in [1.82, 2.24) is 14.9 Å². The molecule has 1 amide bonds. The van der Waals surface area contributed by atoms with Gasteiger partial charge in [-0.15, -0.1) is 0 Å². The van der Waals surface area contributed by atoms with Gasteiger partial charge in [-0.2, -0.15) is 0 Å². The normalized spacial score (nSPS) is 18.4. The number of piperidine rings is 1. The fraction of sp³-hybridized carbons (Fsp3) is 0.348. The molecule has 0 bridgehead atoms. The number of aromatic nitrogens is 2. The van der Waals surface area contributed by atoms with Gasteiger partial charge >= 0.3 is 6.09 Å². The van der Waals surface area contributed by atoms with E-state index in [1.165, 1.54) is 12.4 Å². The fourth-order valence-electron chi connectivity index (χ4n) is 4.41. The standard InChI is InChI=1S/C23H23ClFN5O2/c1-14-10-18-15(21(27-13-26-18)28-17-5-3-4-16(24)20(17)25)11-19(14)30-12-23(32-22(30)31)6-8-29(2)9-7-23/h3-5,10-11,13H,6-9,12H2,1-2H3,(H,26,27,28). The Labute approximate surface area is 190 Å². The highest BCUT2D eigenvalue weighted by atomic mass is 35.5. The summed E-state index contributed by atoms with van der Waals surface area (Å²) in [5.74, 6) is -0.125. The number of carbonyl (C=O) groups excluding carboxylic acids is 1. The molecule has 2 aromatic carbocycles. The highest BCUT2D eigenvalue weighted by Gasteiger charge is 2.47. The summed E-state index contributed by atoms with van der Waals surface area (Å²) in [6, 6.07) is 8.50. The van der Waals surface area contributed by atoms with Gasteiger partial charge in [0.05, 0.1) is 28.5 Å². The van der Waals surface area contributed by atoms with E-state index in [0.29, 0.717) is 23.3 Å². The van der Waals surface area contributed by atoms with Gasteiger partial charge in [-0.3, -0.25) is 4.90 Å². The first-order chi connectivity index (χ1) is 15.3. The monoisotopic (exact) mass is 455 g/mol. The van der Waals surface area contributed by atoms with Crippen molar-refractivity contribution in [2.45, 2.75) is 25.4 Å². The summed E-state index contributed by atoms with van der Waals surface area (Å²) < 4.78 is 20.3. The zero-order chi connectivity index (χ0) is 22.5. The lowest BCUT2D eigenvalue weighted by Crippen LogP contribution is -2.45. The number of carbonyl (C=O) groups is 1. The highest BCUT2D eigenvalue weighted by Crippen LogP contribution is 2.38. The number of fused-ring (bicyclic) bond motifs is 1. The molecule has 3 heterocycles. The van der Waals surface area contributed by atoms with Gasteiger partial charge in [0.2, 0.25) is 0 Å². The zero-order valence-electron chi connectivity index (χ0n) is 17.9. The van der Waals surface area contributed by atoms with Crippen LogP contribution >= 0.6 is 11.6 Å². The van der Waals surface area contributed by atoms with Gasteiger partial charge in [0.25, 0.3) is 0 Å². The SMILES string of the molecule is Cc1cc2ncnc(Nc3cccc(Cl)c3F)c2cc1N1CC2(CCN(C)CC2)OC1=O. The number of anilines is 3. The number of ether oxygens (including phenoxy) is 1. The summed E-state index contributed by atoms with van der Waals surface area (Å²) in [5, 5.41) is 3.71. The van der Waals surface area contributed by atoms with Crippen LogP contribution in [0.3, 0.4) is 0 Å². The van der Waals surface area contributed by atoms with Crippen LogP contribution in [0.5, 0.6) is 0 Å². The van der Waals surface area contributed by atoms with Crippen molar-refractivity contribution < 1.29 is 13.9 Å². The number of likely N-dealkylation sites (tertiary alicyclic amines) is 1. The Hall–Kier alpha value is -2.97. The van der Waals surface area contributed by atoms with Crippen molar-refractivity contribution in [3.05, 3.63) is 53.1 Å². The molecule has 32 heavy (non-hydrogen) atoms. The largest absolute Gasteiger partial charge is 0.441 e. The molecule has 0 unspecified atom stereocenters. The first-order valence-electron chi connectivity index (χ1n) is 10.5. The van der Waals surface area contributed by atoms with E-state index in [1.54, 1.807) is 17.0 Å². The van der Waals surface area contributed by atoms with E-state index < -0.39 is 11.4 Å². The van der Waals surface area contributed by atoms with Gasteiger partial charge in [0.15, 0.2) is 5.82 Å². The van der Waals surface area contributed by atoms with Gasteiger partial charge in [0.1, 0.15) is 17.7 Å². The van der Waals surface area contributed by atoms with Crippen molar-refractivity contribution in [1.29, 1.82) is 0 Å². The number of hydrogen-bond acceptors (Lipinski definition) is 6. The van der Waals surface area contributed by atoms with Crippen LogP contribution in [0.2, 0.25) is 5.02 Å². The molecule has 0 radical (unpaired) electrons. The number of benzene rings is 2. The van der Waals surface area contributed by atoms with E-state index in [2.05, 4.69) is 27.2 Å². The number of halogens is 2. The molecule has 1 spiro atoms. The van der Waals surface area contributed by atoms with E-state index in [9.17, 15) is 9.18 Å². The molecule has 3 aromatic rings. The summed E-state index contributed by atoms with van der Waals surface area (Å²) in [6.07, 6.45) is 2.69. The van der Waals surface area contributed by atoms with Gasteiger partial charge in [-0.1, -0.05) is 17.7 Å². The predicted molar refractivity (Wildman–Crippen MR) is 122 cm³/mol. The van der Waals surface area contributed by atoms with Crippen LogP contribution in [0.25, 0.3) is 10.9 Å². The molecule has 2 fully saturated rings. The average molecular weight is 456 g/mol. The maximum Gasteiger partial charge on any atom is 0.415 e. The Morgan fingerprint density at radius 2 is 2.00 bits per heavy atom. The molecule has 5 rings (SSSR count). The van der Waals surface area contributed by atoms with Gasteiger partial charge in [-0.25, -0.2) is 19.2 Å². The molecule has 0 aliphatic carbocycles. The molecule has 2 aliphatic rings. The molecular formula is C23H23ClFN5O2. The summed E-state index contributed by atoms with van der Waals surface area (Å²) in [4.78, 5) is 25.5. The van der Waals surface area contributed by atoms with Crippen LogP contribution in [0.15, 0.2) is 36.7 Å². The summed E-state index contributed by atoms with van der Waals surface area (Å²) >= 11 is 5.92. The van der Waals surface area contributed by atoms with Gasteiger partial charge < -0.3 is 15.0 Å². The van der Waals surface area contributed by atoms with Crippen molar-refractivity contribution in [3.8, 4) is 0 Å². The third-order valence-corrected chi connectivity index (χ3v) is 6.61.